The molecule has 0 spiro atoms. The third kappa shape index (κ3) is 5.65. The molecular formula is C25H20ClN3O4S. The molecular weight excluding hydrogens is 474 g/mol. The predicted molar refractivity (Wildman–Crippen MR) is 135 cm³/mol. The smallest absolute Gasteiger partial charge is 0.335 e. The van der Waals surface area contributed by atoms with E-state index < -0.39 is 11.2 Å². The quantitative estimate of drug-likeness (QED) is 0.282. The Hall–Kier alpha value is -3.62. The van der Waals surface area contributed by atoms with Crippen LogP contribution in [0.1, 0.15) is 22.3 Å². The molecule has 34 heavy (non-hydrogen) atoms. The highest BCUT2D eigenvalue weighted by Gasteiger charge is 2.40. The van der Waals surface area contributed by atoms with Crippen molar-refractivity contribution < 1.29 is 19.5 Å². The summed E-state index contributed by atoms with van der Waals surface area (Å²) >= 11 is 7.17. The fourth-order valence-electron chi connectivity index (χ4n) is 3.36. The number of thioether (sulfide) groups is 1. The Bertz CT molecular complexity index is 1230. The molecule has 1 saturated heterocycles. The van der Waals surface area contributed by atoms with Crippen LogP contribution >= 0.6 is 23.4 Å². The number of hydrogen-bond acceptors (Lipinski definition) is 5. The molecule has 0 radical (unpaired) electrons. The van der Waals surface area contributed by atoms with Gasteiger partial charge in [0.15, 0.2) is 5.17 Å². The lowest BCUT2D eigenvalue weighted by Gasteiger charge is -2.16. The van der Waals surface area contributed by atoms with Crippen LogP contribution in [-0.4, -0.2) is 33.3 Å². The van der Waals surface area contributed by atoms with Crippen LogP contribution in [0.25, 0.3) is 0 Å². The second kappa shape index (κ2) is 10.5. The predicted octanol–water partition coefficient (Wildman–Crippen LogP) is 5.07. The molecule has 4 rings (SSSR count). The van der Waals surface area contributed by atoms with Gasteiger partial charge in [0.2, 0.25) is 11.8 Å². The summed E-state index contributed by atoms with van der Waals surface area (Å²) in [5, 5.41) is 12.7. The second-order valence-corrected chi connectivity index (χ2v) is 9.10. The minimum absolute atomic E-state index is 0.0108. The number of nitrogens with zero attached hydrogens (tertiary/aromatic N) is 2. The molecule has 9 heteroatoms. The summed E-state index contributed by atoms with van der Waals surface area (Å²) < 4.78 is 0. The van der Waals surface area contributed by atoms with Gasteiger partial charge in [-0.25, -0.2) is 9.69 Å². The number of hydrogen-bond donors (Lipinski definition) is 2. The van der Waals surface area contributed by atoms with Crippen molar-refractivity contribution in [3.05, 3.63) is 95.0 Å². The van der Waals surface area contributed by atoms with E-state index in [-0.39, 0.29) is 23.8 Å². The van der Waals surface area contributed by atoms with Gasteiger partial charge >= 0.3 is 5.97 Å². The molecule has 172 valence electrons. The number of aromatic carboxylic acids is 1. The summed E-state index contributed by atoms with van der Waals surface area (Å²) in [5.41, 5.74) is 2.18. The Morgan fingerprint density at radius 1 is 1.03 bits per heavy atom. The van der Waals surface area contributed by atoms with E-state index in [2.05, 4.69) is 10.3 Å². The molecule has 7 nitrogen and oxygen atoms in total. The van der Waals surface area contributed by atoms with Crippen LogP contribution in [0.4, 0.5) is 11.4 Å². The summed E-state index contributed by atoms with van der Waals surface area (Å²) in [5.74, 6) is -1.80. The number of amidine groups is 1. The van der Waals surface area contributed by atoms with Crippen LogP contribution in [0, 0.1) is 0 Å². The van der Waals surface area contributed by atoms with Crippen LogP contribution in [-0.2, 0) is 16.1 Å². The lowest BCUT2D eigenvalue weighted by atomic mass is 10.2. The van der Waals surface area contributed by atoms with Crippen LogP contribution in [0.5, 0.6) is 0 Å². The molecule has 1 aliphatic rings. The van der Waals surface area contributed by atoms with Gasteiger partial charge in [0.25, 0.3) is 0 Å². The van der Waals surface area contributed by atoms with Crippen LogP contribution in [0.15, 0.2) is 83.9 Å². The Balaban J connectivity index is 1.53. The minimum Gasteiger partial charge on any atom is -0.478 e. The van der Waals surface area contributed by atoms with Gasteiger partial charge < -0.3 is 10.4 Å². The van der Waals surface area contributed by atoms with E-state index in [1.165, 1.54) is 36.0 Å². The first-order chi connectivity index (χ1) is 16.4. The Kier molecular flexibility index (Phi) is 7.30. The SMILES string of the molecule is O=C(O)c1ccc(N2C(=O)C[C@@H](SC(=NCc3ccccc3)Nc3ccc(Cl)cc3)C2=O)cc1. The fraction of sp³-hybridized carbons (Fsp3) is 0.120. The number of nitrogens with one attached hydrogen (secondary N) is 1. The number of rotatable bonds is 6. The normalized spacial score (nSPS) is 16.1. The third-order valence-corrected chi connectivity index (χ3v) is 6.43. The number of anilines is 2. The van der Waals surface area contributed by atoms with Gasteiger partial charge in [0, 0.05) is 17.1 Å². The van der Waals surface area contributed by atoms with Crippen molar-refractivity contribution >= 4 is 57.7 Å². The zero-order valence-electron chi connectivity index (χ0n) is 17.8. The van der Waals surface area contributed by atoms with Crippen LogP contribution in [0.3, 0.4) is 0 Å². The van der Waals surface area contributed by atoms with E-state index in [0.29, 0.717) is 22.4 Å². The van der Waals surface area contributed by atoms with Crippen LogP contribution in [0.2, 0.25) is 5.02 Å². The van der Waals surface area contributed by atoms with Crippen molar-refractivity contribution in [3.8, 4) is 0 Å². The van der Waals surface area contributed by atoms with E-state index in [1.54, 1.807) is 24.3 Å². The molecule has 0 aromatic heterocycles. The number of carbonyl (C=O) groups excluding carboxylic acids is 2. The fourth-order valence-corrected chi connectivity index (χ4v) is 4.51. The number of benzene rings is 3. The van der Waals surface area contributed by atoms with Gasteiger partial charge in [0.1, 0.15) is 5.25 Å². The second-order valence-electron chi connectivity index (χ2n) is 7.47. The molecule has 1 fully saturated rings. The maximum atomic E-state index is 13.1. The van der Waals surface area contributed by atoms with Crippen molar-refractivity contribution in [3.63, 3.8) is 0 Å². The van der Waals surface area contributed by atoms with Crippen molar-refractivity contribution in [2.24, 2.45) is 4.99 Å². The van der Waals surface area contributed by atoms with Crippen LogP contribution < -0.4 is 10.2 Å². The number of imide groups is 1. The Morgan fingerprint density at radius 3 is 2.35 bits per heavy atom. The lowest BCUT2D eigenvalue weighted by molar-refractivity contribution is -0.121. The number of halogens is 1. The first kappa shape index (κ1) is 23.5. The third-order valence-electron chi connectivity index (χ3n) is 5.08. The highest BCUT2D eigenvalue weighted by Crippen LogP contribution is 2.31. The van der Waals surface area contributed by atoms with E-state index in [1.807, 2.05) is 30.3 Å². The topological polar surface area (TPSA) is 99.1 Å². The number of aliphatic imine (C=N–C) groups is 1. The number of amides is 2. The minimum atomic E-state index is -1.08. The molecule has 3 aromatic carbocycles. The summed E-state index contributed by atoms with van der Waals surface area (Å²) in [6.45, 7) is 0.402. The van der Waals surface area contributed by atoms with E-state index in [9.17, 15) is 14.4 Å². The molecule has 1 aliphatic heterocycles. The average molecular weight is 494 g/mol. The van der Waals surface area contributed by atoms with Gasteiger partial charge in [-0.1, -0.05) is 53.7 Å². The number of carboxylic acid groups (broad SMARTS) is 1. The van der Waals surface area contributed by atoms with Gasteiger partial charge in [-0.2, -0.15) is 0 Å². The molecule has 2 amide bonds. The highest BCUT2D eigenvalue weighted by molar-refractivity contribution is 8.15. The van der Waals surface area contributed by atoms with E-state index in [4.69, 9.17) is 16.7 Å². The molecule has 0 saturated carbocycles. The molecule has 0 unspecified atom stereocenters. The summed E-state index contributed by atoms with van der Waals surface area (Å²) in [6, 6.07) is 22.5. The van der Waals surface area contributed by atoms with Crippen molar-refractivity contribution in [2.45, 2.75) is 18.2 Å². The maximum Gasteiger partial charge on any atom is 0.335 e. The van der Waals surface area contributed by atoms with Crippen molar-refractivity contribution in [2.75, 3.05) is 10.2 Å². The first-order valence-corrected chi connectivity index (χ1v) is 11.6. The number of carbonyl (C=O) groups is 3. The molecule has 0 aliphatic carbocycles. The van der Waals surface area contributed by atoms with E-state index >= 15 is 0 Å². The van der Waals surface area contributed by atoms with Gasteiger partial charge in [0.05, 0.1) is 17.8 Å². The highest BCUT2D eigenvalue weighted by atomic mass is 35.5. The Morgan fingerprint density at radius 2 is 1.71 bits per heavy atom. The Labute approximate surface area is 205 Å². The summed E-state index contributed by atoms with van der Waals surface area (Å²) in [7, 11) is 0. The number of carboxylic acids is 1. The van der Waals surface area contributed by atoms with Gasteiger partial charge in [-0.15, -0.1) is 0 Å². The standard InChI is InChI=1S/C25H20ClN3O4S/c26-18-8-10-19(11-9-18)28-25(27-15-16-4-2-1-3-5-16)34-21-14-22(30)29(23(21)31)20-12-6-17(7-13-20)24(32)33/h1-13,21H,14-15H2,(H,27,28)(H,32,33)/t21-/m1/s1. The zero-order valence-corrected chi connectivity index (χ0v) is 19.4. The van der Waals surface area contributed by atoms with Crippen molar-refractivity contribution in [1.29, 1.82) is 0 Å². The molecule has 1 atom stereocenters. The lowest BCUT2D eigenvalue weighted by Crippen LogP contribution is -2.31. The molecule has 0 bridgehead atoms. The van der Waals surface area contributed by atoms with Gasteiger partial charge in [-0.05, 0) is 54.1 Å². The van der Waals surface area contributed by atoms with Crippen molar-refractivity contribution in [1.82, 2.24) is 0 Å². The average Bonchev–Trinajstić information content (AvgIpc) is 3.12. The zero-order chi connectivity index (χ0) is 24.1. The van der Waals surface area contributed by atoms with Gasteiger partial charge in [-0.3, -0.25) is 14.6 Å². The maximum absolute atomic E-state index is 13.1. The largest absolute Gasteiger partial charge is 0.478 e. The molecule has 1 heterocycles. The van der Waals surface area contributed by atoms with E-state index in [0.717, 1.165) is 16.2 Å². The summed E-state index contributed by atoms with van der Waals surface area (Å²) in [4.78, 5) is 42.6. The monoisotopic (exact) mass is 493 g/mol. The summed E-state index contributed by atoms with van der Waals surface area (Å²) in [6.07, 6.45) is 0.0108. The molecule has 2 N–H and O–H groups in total. The first-order valence-electron chi connectivity index (χ1n) is 10.4. The molecule has 3 aromatic rings.